The van der Waals surface area contributed by atoms with Crippen molar-refractivity contribution in [2.45, 2.75) is 56.7 Å². The van der Waals surface area contributed by atoms with Crippen LogP contribution in [0.15, 0.2) is 48.8 Å². The van der Waals surface area contributed by atoms with E-state index >= 15 is 0 Å². The fourth-order valence-electron chi connectivity index (χ4n) is 5.38. The van der Waals surface area contributed by atoms with Crippen LogP contribution in [0.2, 0.25) is 0 Å². The van der Waals surface area contributed by atoms with Gasteiger partial charge in [-0.25, -0.2) is 35.6 Å². The molecule has 0 unspecified atom stereocenters. The normalized spacial score (nSPS) is 21.3. The van der Waals surface area contributed by atoms with E-state index in [2.05, 4.69) is 15.4 Å². The number of benzene rings is 1. The number of halogens is 4. The van der Waals surface area contributed by atoms with Crippen molar-refractivity contribution in [3.8, 4) is 23.0 Å². The highest BCUT2D eigenvalue weighted by Gasteiger charge is 2.47. The third-order valence-corrected chi connectivity index (χ3v) is 9.76. The number of hydrogen-bond acceptors (Lipinski definition) is 7. The molecule has 3 fully saturated rings. The summed E-state index contributed by atoms with van der Waals surface area (Å²) in [6.45, 7) is 0.178. The third-order valence-electron chi connectivity index (χ3n) is 8.15. The number of pyridine rings is 1. The van der Waals surface area contributed by atoms with Crippen molar-refractivity contribution < 1.29 is 32.2 Å². The second-order valence-corrected chi connectivity index (χ2v) is 13.7. The van der Waals surface area contributed by atoms with Gasteiger partial charge in [-0.3, -0.25) is 4.79 Å². The lowest BCUT2D eigenvalue weighted by Gasteiger charge is -2.28. The summed E-state index contributed by atoms with van der Waals surface area (Å²) in [5.74, 6) is -3.56. The number of amides is 1. The van der Waals surface area contributed by atoms with Crippen molar-refractivity contribution in [2.24, 2.45) is 5.92 Å². The Morgan fingerprint density at radius 1 is 1.09 bits per heavy atom. The van der Waals surface area contributed by atoms with Crippen molar-refractivity contribution >= 4 is 21.4 Å². The number of sulfone groups is 1. The molecule has 44 heavy (non-hydrogen) atoms. The molecular weight excluding hydrogens is 600 g/mol. The third kappa shape index (κ3) is 7.38. The zero-order valence-corrected chi connectivity index (χ0v) is 24.7. The predicted octanol–water partition coefficient (Wildman–Crippen LogP) is 5.01. The number of aromatic nitrogens is 3. The summed E-state index contributed by atoms with van der Waals surface area (Å²) in [5.41, 5.74) is 1.92. The van der Waals surface area contributed by atoms with Crippen LogP contribution in [0.25, 0.3) is 16.9 Å². The Balaban J connectivity index is 0.000000231. The van der Waals surface area contributed by atoms with Gasteiger partial charge >= 0.3 is 0 Å². The van der Waals surface area contributed by atoms with Crippen molar-refractivity contribution in [1.82, 2.24) is 20.1 Å². The van der Waals surface area contributed by atoms with Gasteiger partial charge in [-0.2, -0.15) is 10.4 Å². The topological polar surface area (TPSA) is 121 Å². The first-order valence-corrected chi connectivity index (χ1v) is 16.2. The minimum absolute atomic E-state index is 0. The second kappa shape index (κ2) is 12.6. The molecule has 1 aromatic carbocycles. The number of carbonyl (C=O) groups excluding carboxylic acids is 1. The van der Waals surface area contributed by atoms with Gasteiger partial charge in [0.05, 0.1) is 35.7 Å². The van der Waals surface area contributed by atoms with Crippen LogP contribution in [0.1, 0.15) is 45.6 Å². The number of carbonyl (C=O) groups is 1. The van der Waals surface area contributed by atoms with Crippen molar-refractivity contribution in [3.05, 3.63) is 60.3 Å². The van der Waals surface area contributed by atoms with Gasteiger partial charge in [0, 0.05) is 44.5 Å². The number of nitrogens with one attached hydrogen (secondary N) is 1. The summed E-state index contributed by atoms with van der Waals surface area (Å²) >= 11 is 0. The maximum atomic E-state index is 13.7. The summed E-state index contributed by atoms with van der Waals surface area (Å²) in [6.07, 6.45) is 4.28. The van der Waals surface area contributed by atoms with Crippen LogP contribution in [-0.4, -0.2) is 65.1 Å². The van der Waals surface area contributed by atoms with Gasteiger partial charge in [0.2, 0.25) is 11.8 Å². The molecule has 3 aliphatic rings. The molecule has 3 aromatic rings. The standard InChI is InChI=1S/C19H18F2N4O2S.C11H14F2N2O.H2/c20-11-18-17(13-23-25(18)19-6-3-15(21)12-22-19)14-1-4-16(5-2-14)24-7-9-28(26,27)10-8-24;12-11(13)3-1-2-8(6-11)9(16)15-10(7-14)4-5-10;/h1-6,12-13H,7-11H2;8H,1-6H2,(H,15,16);1H/t;8-;/m.0./s1. The molecule has 0 bridgehead atoms. The quantitative estimate of drug-likeness (QED) is 0.379. The molecule has 0 spiro atoms. The molecule has 1 saturated heterocycles. The SMILES string of the molecule is N#CC1(NC(=O)[C@H]2CCCC(F)(F)C2)CC1.O=S1(=O)CCN(c2ccc(-c3cnn(-c4ccc(F)cn4)c3CF)cc2)CC1.[HH]. The predicted molar refractivity (Wildman–Crippen MR) is 157 cm³/mol. The van der Waals surface area contributed by atoms with E-state index in [4.69, 9.17) is 5.26 Å². The second-order valence-electron chi connectivity index (χ2n) is 11.4. The lowest BCUT2D eigenvalue weighted by molar-refractivity contribution is -0.132. The molecule has 2 saturated carbocycles. The van der Waals surface area contributed by atoms with Gasteiger partial charge in [-0.05, 0) is 55.5 Å². The average molecular weight is 635 g/mol. The lowest BCUT2D eigenvalue weighted by Crippen LogP contribution is -2.43. The van der Waals surface area contributed by atoms with E-state index in [1.807, 2.05) is 35.2 Å². The molecular formula is C30H34F4N6O3S. The van der Waals surface area contributed by atoms with E-state index in [1.165, 1.54) is 16.8 Å². The largest absolute Gasteiger partial charge is 0.369 e. The smallest absolute Gasteiger partial charge is 0.248 e. The average Bonchev–Trinajstić information content (AvgIpc) is 3.65. The molecule has 1 N–H and O–H groups in total. The van der Waals surface area contributed by atoms with Crippen LogP contribution in [-0.2, 0) is 21.3 Å². The van der Waals surface area contributed by atoms with Crippen molar-refractivity contribution in [2.75, 3.05) is 29.5 Å². The van der Waals surface area contributed by atoms with Gasteiger partial charge in [0.1, 0.15) is 18.0 Å². The summed E-state index contributed by atoms with van der Waals surface area (Å²) in [4.78, 5) is 17.7. The minimum Gasteiger partial charge on any atom is -0.369 e. The molecule has 0 radical (unpaired) electrons. The molecule has 236 valence electrons. The first-order valence-electron chi connectivity index (χ1n) is 14.3. The first kappa shape index (κ1) is 31.4. The molecule has 6 rings (SSSR count). The van der Waals surface area contributed by atoms with Crippen LogP contribution < -0.4 is 10.2 Å². The van der Waals surface area contributed by atoms with Gasteiger partial charge < -0.3 is 10.2 Å². The Bertz CT molecular complexity index is 1630. The summed E-state index contributed by atoms with van der Waals surface area (Å²) in [7, 11) is -2.93. The zero-order chi connectivity index (χ0) is 31.5. The maximum absolute atomic E-state index is 13.7. The minimum atomic E-state index is -2.93. The molecule has 1 aliphatic heterocycles. The number of nitrogens with zero attached hydrogens (tertiary/aromatic N) is 5. The molecule has 2 aromatic heterocycles. The molecule has 3 heterocycles. The molecule has 1 amide bonds. The maximum Gasteiger partial charge on any atom is 0.248 e. The summed E-state index contributed by atoms with van der Waals surface area (Å²) < 4.78 is 77.5. The van der Waals surface area contributed by atoms with E-state index in [9.17, 15) is 30.8 Å². The number of alkyl halides is 3. The fraction of sp³-hybridized carbons (Fsp3) is 0.467. The van der Waals surface area contributed by atoms with Crippen LogP contribution in [0.5, 0.6) is 0 Å². The molecule has 14 heteroatoms. The highest BCUT2D eigenvalue weighted by atomic mass is 32.2. The molecule has 1 atom stereocenters. The number of nitriles is 1. The van der Waals surface area contributed by atoms with Gasteiger partial charge in [0.25, 0.3) is 0 Å². The van der Waals surface area contributed by atoms with Crippen LogP contribution in [0.4, 0.5) is 23.2 Å². The Labute approximate surface area is 254 Å². The van der Waals surface area contributed by atoms with E-state index in [0.29, 0.717) is 55.8 Å². The number of hydrogen-bond donors (Lipinski definition) is 1. The van der Waals surface area contributed by atoms with Crippen molar-refractivity contribution in [3.63, 3.8) is 0 Å². The highest BCUT2D eigenvalue weighted by molar-refractivity contribution is 7.91. The van der Waals surface area contributed by atoms with Crippen LogP contribution in [0, 0.1) is 23.1 Å². The van der Waals surface area contributed by atoms with E-state index in [1.54, 1.807) is 6.20 Å². The van der Waals surface area contributed by atoms with Crippen molar-refractivity contribution in [1.29, 1.82) is 5.26 Å². The van der Waals surface area contributed by atoms with Gasteiger partial charge in [-0.15, -0.1) is 0 Å². The highest BCUT2D eigenvalue weighted by Crippen LogP contribution is 2.39. The fourth-order valence-corrected chi connectivity index (χ4v) is 6.58. The zero-order valence-electron chi connectivity index (χ0n) is 23.9. The van der Waals surface area contributed by atoms with E-state index in [-0.39, 0.29) is 31.7 Å². The summed E-state index contributed by atoms with van der Waals surface area (Å²) in [5, 5.41) is 15.6. The monoisotopic (exact) mass is 634 g/mol. The molecule has 9 nitrogen and oxygen atoms in total. The Morgan fingerprint density at radius 2 is 1.80 bits per heavy atom. The van der Waals surface area contributed by atoms with Crippen LogP contribution in [0.3, 0.4) is 0 Å². The molecule has 2 aliphatic carbocycles. The number of anilines is 1. The number of rotatable bonds is 6. The van der Waals surface area contributed by atoms with Gasteiger partial charge in [0.15, 0.2) is 15.7 Å². The first-order chi connectivity index (χ1) is 20.9. The summed E-state index contributed by atoms with van der Waals surface area (Å²) in [6, 6.07) is 12.2. The van der Waals surface area contributed by atoms with Gasteiger partial charge in [-0.1, -0.05) is 12.1 Å². The Morgan fingerprint density at radius 3 is 2.36 bits per heavy atom. The van der Waals surface area contributed by atoms with E-state index in [0.717, 1.165) is 17.4 Å². The lowest BCUT2D eigenvalue weighted by atomic mass is 9.86. The Kier molecular flexibility index (Phi) is 8.97. The Hall–Kier alpha value is -3.99. The van der Waals surface area contributed by atoms with E-state index < -0.39 is 39.7 Å². The van der Waals surface area contributed by atoms with Crippen LogP contribution >= 0.6 is 0 Å².